The normalized spacial score (nSPS) is 13.7. The maximum absolute atomic E-state index is 11.4. The highest BCUT2D eigenvalue weighted by Crippen LogP contribution is 2.29. The smallest absolute Gasteiger partial charge is 0.255 e. The van der Waals surface area contributed by atoms with E-state index in [9.17, 15) is 4.79 Å². The number of aryl methyl sites for hydroxylation is 1. The lowest BCUT2D eigenvalue weighted by Crippen LogP contribution is -2.18. The van der Waals surface area contributed by atoms with E-state index in [0.29, 0.717) is 0 Å². The number of nitrogens with zero attached hydrogens (tertiary/aromatic N) is 1. The highest BCUT2D eigenvalue weighted by molar-refractivity contribution is 7.10. The van der Waals surface area contributed by atoms with Crippen molar-refractivity contribution >= 4 is 17.2 Å². The number of hydrogen-bond donors (Lipinski definition) is 0. The molecule has 0 unspecified atom stereocenters. The fourth-order valence-electron chi connectivity index (χ4n) is 1.43. The van der Waals surface area contributed by atoms with E-state index in [4.69, 9.17) is 0 Å². The maximum atomic E-state index is 11.4. The zero-order valence-corrected chi connectivity index (χ0v) is 10.1. The summed E-state index contributed by atoms with van der Waals surface area (Å²) in [6.45, 7) is 7.04. The number of amides is 1. The second kappa shape index (κ2) is 4.60. The predicted molar refractivity (Wildman–Crippen MR) is 60.8 cm³/mol. The van der Waals surface area contributed by atoms with Gasteiger partial charge in [-0.05, 0) is 17.9 Å². The van der Waals surface area contributed by atoms with Crippen molar-refractivity contribution in [2.24, 2.45) is 0 Å². The number of hydrogen-bond acceptors (Lipinski definition) is 2. The van der Waals surface area contributed by atoms with Gasteiger partial charge in [0.15, 0.2) is 0 Å². The van der Waals surface area contributed by atoms with Crippen molar-refractivity contribution in [2.75, 3.05) is 7.05 Å². The second-order valence-electron chi connectivity index (χ2n) is 3.56. The van der Waals surface area contributed by atoms with Crippen LogP contribution in [0.4, 0.5) is 0 Å². The van der Waals surface area contributed by atoms with Gasteiger partial charge in [-0.3, -0.25) is 4.79 Å². The van der Waals surface area contributed by atoms with Crippen LogP contribution in [0.3, 0.4) is 0 Å². The van der Waals surface area contributed by atoms with Gasteiger partial charge < -0.3 is 4.90 Å². The number of carbonyl (C=O) groups excluding carboxylic acids is 1. The summed E-state index contributed by atoms with van der Waals surface area (Å²) in [6.07, 6.45) is 1.25. The molecule has 0 saturated heterocycles. The average molecular weight is 211 g/mol. The first-order chi connectivity index (χ1) is 6.61. The summed E-state index contributed by atoms with van der Waals surface area (Å²) in [5.41, 5.74) is 2.14. The molecule has 1 aromatic rings. The Morgan fingerprint density at radius 3 is 2.57 bits per heavy atom. The van der Waals surface area contributed by atoms with Crippen LogP contribution in [0.5, 0.6) is 0 Å². The van der Waals surface area contributed by atoms with E-state index in [0.717, 1.165) is 17.0 Å². The van der Waals surface area contributed by atoms with Crippen LogP contribution in [0, 0.1) is 6.92 Å². The topological polar surface area (TPSA) is 20.3 Å². The second-order valence-corrected chi connectivity index (χ2v) is 4.64. The molecule has 2 heterocycles. The molecule has 1 aromatic heterocycles. The Hall–Kier alpha value is -0.830. The molecule has 0 N–H and O–H groups in total. The van der Waals surface area contributed by atoms with E-state index in [-0.39, 0.29) is 5.91 Å². The molecule has 14 heavy (non-hydrogen) atoms. The van der Waals surface area contributed by atoms with Gasteiger partial charge in [0.1, 0.15) is 0 Å². The van der Waals surface area contributed by atoms with E-state index in [2.05, 4.69) is 19.2 Å². The van der Waals surface area contributed by atoms with Crippen LogP contribution in [0.1, 0.15) is 41.1 Å². The van der Waals surface area contributed by atoms with Gasteiger partial charge in [0.05, 0.1) is 5.56 Å². The van der Waals surface area contributed by atoms with Crippen LogP contribution in [-0.4, -0.2) is 17.9 Å². The largest absolute Gasteiger partial charge is 0.337 e. The molecule has 0 spiro atoms. The highest BCUT2D eigenvalue weighted by Gasteiger charge is 2.27. The lowest BCUT2D eigenvalue weighted by Gasteiger charge is -2.05. The molecule has 3 heteroatoms. The molecular weight excluding hydrogens is 194 g/mol. The molecule has 1 aliphatic heterocycles. The predicted octanol–water partition coefficient (Wildman–Crippen LogP) is 3.06. The first-order valence-electron chi connectivity index (χ1n) is 4.94. The molecule has 0 bridgehead atoms. The quantitative estimate of drug-likeness (QED) is 0.646. The summed E-state index contributed by atoms with van der Waals surface area (Å²) in [6, 6.07) is 0. The third kappa shape index (κ3) is 1.98. The molecule has 2 rings (SSSR count). The third-order valence-electron chi connectivity index (χ3n) is 2.02. The molecule has 0 aliphatic carbocycles. The lowest BCUT2D eigenvalue weighted by atomic mass is 10.2. The monoisotopic (exact) mass is 211 g/mol. The molecule has 0 radical (unpaired) electrons. The SMILES string of the molecule is CCC.Cc1scc2c1C(=O)N(C)C2. The summed E-state index contributed by atoms with van der Waals surface area (Å²) in [7, 11) is 1.84. The number of carbonyl (C=O) groups is 1. The van der Waals surface area contributed by atoms with Crippen molar-refractivity contribution in [1.29, 1.82) is 0 Å². The van der Waals surface area contributed by atoms with Crippen molar-refractivity contribution in [1.82, 2.24) is 4.90 Å². The minimum atomic E-state index is 0.179. The number of thiophene rings is 1. The van der Waals surface area contributed by atoms with Gasteiger partial charge in [0.25, 0.3) is 5.91 Å². The van der Waals surface area contributed by atoms with E-state index in [1.165, 1.54) is 12.0 Å². The van der Waals surface area contributed by atoms with Crippen molar-refractivity contribution in [2.45, 2.75) is 33.7 Å². The van der Waals surface area contributed by atoms with E-state index < -0.39 is 0 Å². The maximum Gasteiger partial charge on any atom is 0.255 e. The Morgan fingerprint density at radius 1 is 1.50 bits per heavy atom. The Bertz CT molecular complexity index is 330. The first-order valence-corrected chi connectivity index (χ1v) is 5.82. The minimum Gasteiger partial charge on any atom is -0.337 e. The van der Waals surface area contributed by atoms with Crippen molar-refractivity contribution < 1.29 is 4.79 Å². The van der Waals surface area contributed by atoms with Crippen molar-refractivity contribution in [3.63, 3.8) is 0 Å². The van der Waals surface area contributed by atoms with Crippen LogP contribution in [0.25, 0.3) is 0 Å². The van der Waals surface area contributed by atoms with Gasteiger partial charge in [-0.25, -0.2) is 0 Å². The van der Waals surface area contributed by atoms with Gasteiger partial charge in [-0.2, -0.15) is 0 Å². The molecule has 1 amide bonds. The van der Waals surface area contributed by atoms with E-state index in [1.807, 2.05) is 14.0 Å². The molecule has 0 aromatic carbocycles. The number of rotatable bonds is 0. The van der Waals surface area contributed by atoms with Crippen molar-refractivity contribution in [3.8, 4) is 0 Å². The third-order valence-corrected chi connectivity index (χ3v) is 2.98. The Morgan fingerprint density at radius 2 is 2.07 bits per heavy atom. The number of fused-ring (bicyclic) bond motifs is 1. The van der Waals surface area contributed by atoms with Crippen LogP contribution in [0.2, 0.25) is 0 Å². The Labute approximate surface area is 89.5 Å². The van der Waals surface area contributed by atoms with Crippen LogP contribution in [0.15, 0.2) is 5.38 Å². The zero-order chi connectivity index (χ0) is 10.7. The Balaban J connectivity index is 0.000000293. The summed E-state index contributed by atoms with van der Waals surface area (Å²) in [4.78, 5) is 14.3. The van der Waals surface area contributed by atoms with E-state index in [1.54, 1.807) is 16.2 Å². The van der Waals surface area contributed by atoms with Crippen LogP contribution < -0.4 is 0 Å². The van der Waals surface area contributed by atoms with Gasteiger partial charge in [-0.15, -0.1) is 11.3 Å². The molecule has 78 valence electrons. The molecule has 1 aliphatic rings. The van der Waals surface area contributed by atoms with Crippen LogP contribution in [-0.2, 0) is 6.54 Å². The van der Waals surface area contributed by atoms with Gasteiger partial charge in [0.2, 0.25) is 0 Å². The summed E-state index contributed by atoms with van der Waals surface area (Å²) in [5, 5.41) is 2.08. The molecular formula is C11H17NOS. The minimum absolute atomic E-state index is 0.179. The lowest BCUT2D eigenvalue weighted by molar-refractivity contribution is 0.0816. The fourth-order valence-corrected chi connectivity index (χ4v) is 2.27. The van der Waals surface area contributed by atoms with Gasteiger partial charge >= 0.3 is 0 Å². The fraction of sp³-hybridized carbons (Fsp3) is 0.545. The van der Waals surface area contributed by atoms with E-state index >= 15 is 0 Å². The van der Waals surface area contributed by atoms with Gasteiger partial charge in [-0.1, -0.05) is 20.3 Å². The summed E-state index contributed by atoms with van der Waals surface area (Å²) >= 11 is 1.67. The average Bonchev–Trinajstić information content (AvgIpc) is 2.59. The van der Waals surface area contributed by atoms with Crippen LogP contribution >= 0.6 is 11.3 Å². The summed E-state index contributed by atoms with van der Waals surface area (Å²) < 4.78 is 0. The van der Waals surface area contributed by atoms with Gasteiger partial charge in [0, 0.05) is 18.5 Å². The molecule has 0 fully saturated rings. The Kier molecular flexibility index (Phi) is 3.69. The first kappa shape index (κ1) is 11.2. The highest BCUT2D eigenvalue weighted by atomic mass is 32.1. The zero-order valence-electron chi connectivity index (χ0n) is 9.26. The molecule has 2 nitrogen and oxygen atoms in total. The molecule has 0 atom stereocenters. The summed E-state index contributed by atoms with van der Waals surface area (Å²) in [5.74, 6) is 0.179. The molecule has 0 saturated carbocycles. The standard InChI is InChI=1S/C8H9NOS.C3H8/c1-5-7-6(4-11-5)3-9(2)8(7)10;1-3-2/h4H,3H2,1-2H3;3H2,1-2H3. The van der Waals surface area contributed by atoms with Crippen molar-refractivity contribution in [3.05, 3.63) is 21.4 Å².